The number of ether oxygens (including phenoxy) is 8. The topological polar surface area (TPSA) is 142 Å². The summed E-state index contributed by atoms with van der Waals surface area (Å²) in [4.78, 5) is 42.5. The van der Waals surface area contributed by atoms with Gasteiger partial charge in [-0.05, 0) is 51.9 Å². The quantitative estimate of drug-likeness (QED) is 0.226. The molecule has 240 valence electrons. The lowest BCUT2D eigenvalue weighted by atomic mass is 9.84. The van der Waals surface area contributed by atoms with E-state index in [1.807, 2.05) is 34.6 Å². The van der Waals surface area contributed by atoms with Gasteiger partial charge in [0.15, 0.2) is 22.9 Å². The van der Waals surface area contributed by atoms with Crippen LogP contribution in [0.3, 0.4) is 0 Å². The minimum absolute atomic E-state index is 0.182. The Labute approximate surface area is 252 Å². The van der Waals surface area contributed by atoms with Gasteiger partial charge in [0.1, 0.15) is 23.0 Å². The van der Waals surface area contributed by atoms with Gasteiger partial charge < -0.3 is 37.9 Å². The Hall–Kier alpha value is -3.96. The maximum absolute atomic E-state index is 10.8. The SMILES string of the molecule is C=C1OC(=O)OC1(C)C(C)C.C=C1OC(=O)OC1(C)CC.C=C1OC(=O)OC12CCCCC2.C=C1OC(=O)OC1C(C)C. The lowest BCUT2D eigenvalue weighted by Gasteiger charge is -2.29. The van der Waals surface area contributed by atoms with Crippen LogP contribution in [0.2, 0.25) is 0 Å². The Morgan fingerprint density at radius 2 is 1.21 bits per heavy atom. The van der Waals surface area contributed by atoms with E-state index in [-0.39, 0.29) is 17.9 Å². The van der Waals surface area contributed by atoms with Crippen LogP contribution in [0.25, 0.3) is 0 Å². The van der Waals surface area contributed by atoms with Gasteiger partial charge in [-0.25, -0.2) is 19.2 Å². The van der Waals surface area contributed by atoms with Gasteiger partial charge in [-0.15, -0.1) is 0 Å². The van der Waals surface area contributed by atoms with Crippen molar-refractivity contribution in [1.29, 1.82) is 0 Å². The molecule has 0 bridgehead atoms. The predicted octanol–water partition coefficient (Wildman–Crippen LogP) is 7.98. The fourth-order valence-corrected chi connectivity index (χ4v) is 4.43. The Morgan fingerprint density at radius 3 is 1.49 bits per heavy atom. The third-order valence-corrected chi connectivity index (χ3v) is 7.95. The second-order valence-electron chi connectivity index (χ2n) is 11.6. The molecule has 12 heteroatoms. The summed E-state index contributed by atoms with van der Waals surface area (Å²) in [6, 6.07) is 0. The lowest BCUT2D eigenvalue weighted by molar-refractivity contribution is 0.0388. The third kappa shape index (κ3) is 8.55. The van der Waals surface area contributed by atoms with Gasteiger partial charge in [0.25, 0.3) is 0 Å². The molecule has 1 aliphatic carbocycles. The minimum atomic E-state index is -0.647. The molecule has 12 nitrogen and oxygen atoms in total. The van der Waals surface area contributed by atoms with Gasteiger partial charge in [-0.3, -0.25) is 0 Å². The molecule has 3 unspecified atom stereocenters. The lowest BCUT2D eigenvalue weighted by Crippen LogP contribution is -2.32. The predicted molar refractivity (Wildman–Crippen MR) is 153 cm³/mol. The van der Waals surface area contributed by atoms with Crippen molar-refractivity contribution in [3.05, 3.63) is 49.4 Å². The van der Waals surface area contributed by atoms with Crippen LogP contribution in [0.4, 0.5) is 19.2 Å². The molecular formula is C31H44O12. The van der Waals surface area contributed by atoms with Gasteiger partial charge in [-0.2, -0.15) is 0 Å². The first-order valence-electron chi connectivity index (χ1n) is 14.3. The molecule has 1 saturated carbocycles. The van der Waals surface area contributed by atoms with Gasteiger partial charge in [-0.1, -0.05) is 67.4 Å². The van der Waals surface area contributed by atoms with Crippen molar-refractivity contribution in [2.24, 2.45) is 11.8 Å². The molecule has 4 heterocycles. The maximum Gasteiger partial charge on any atom is 0.514 e. The summed E-state index contributed by atoms with van der Waals surface area (Å²) in [5.41, 5.74) is -1.70. The molecular weight excluding hydrogens is 564 g/mol. The van der Waals surface area contributed by atoms with Crippen molar-refractivity contribution in [2.45, 2.75) is 110 Å². The van der Waals surface area contributed by atoms with E-state index in [9.17, 15) is 19.2 Å². The summed E-state index contributed by atoms with van der Waals surface area (Å²) in [7, 11) is 0. The molecule has 0 aromatic heterocycles. The first-order chi connectivity index (χ1) is 19.9. The van der Waals surface area contributed by atoms with E-state index in [1.165, 1.54) is 6.42 Å². The summed E-state index contributed by atoms with van der Waals surface area (Å²) >= 11 is 0. The van der Waals surface area contributed by atoms with E-state index in [4.69, 9.17) is 23.7 Å². The molecule has 5 aliphatic rings. The summed E-state index contributed by atoms with van der Waals surface area (Å²) < 4.78 is 38.4. The number of cyclic esters (lactones) is 7. The van der Waals surface area contributed by atoms with Gasteiger partial charge in [0.2, 0.25) is 0 Å². The minimum Gasteiger partial charge on any atom is -0.422 e. The average Bonchev–Trinajstić information content (AvgIpc) is 3.58. The number of carbonyl (C=O) groups is 4. The maximum atomic E-state index is 10.8. The molecule has 0 aromatic rings. The van der Waals surface area contributed by atoms with Crippen LogP contribution in [-0.4, -0.2) is 47.5 Å². The summed E-state index contributed by atoms with van der Waals surface area (Å²) in [5.74, 6) is 2.14. The van der Waals surface area contributed by atoms with Crippen LogP contribution in [0.15, 0.2) is 49.4 Å². The van der Waals surface area contributed by atoms with Crippen molar-refractivity contribution >= 4 is 24.6 Å². The Bertz CT molecular complexity index is 1150. The normalized spacial score (nSPS) is 28.5. The third-order valence-electron chi connectivity index (χ3n) is 7.95. The Balaban J connectivity index is 0.000000201. The number of rotatable bonds is 3. The van der Waals surface area contributed by atoms with E-state index in [2.05, 4.69) is 40.5 Å². The van der Waals surface area contributed by atoms with Crippen LogP contribution < -0.4 is 0 Å². The standard InChI is InChI=1S/C9H12O3.C8H12O3.2C7H10O3/c1-7-9(12-8(10)11-7)5-3-2-4-6-9;1-5(2)8(4)6(3)10-7(9)11-8;1-4-7(3)5(2)9-6(8)10-7;1-4(2)6-5(3)9-7(8)10-6/h1-6H2;5H,3H2,1-2,4H3;2,4H2,1,3H3;4,6H,3H2,1-2H3. The van der Waals surface area contributed by atoms with Crippen molar-refractivity contribution in [3.63, 3.8) is 0 Å². The molecule has 43 heavy (non-hydrogen) atoms. The zero-order valence-electron chi connectivity index (χ0n) is 26.2. The Morgan fingerprint density at radius 1 is 0.698 bits per heavy atom. The highest BCUT2D eigenvalue weighted by Crippen LogP contribution is 2.41. The fourth-order valence-electron chi connectivity index (χ4n) is 4.43. The van der Waals surface area contributed by atoms with Crippen molar-refractivity contribution < 1.29 is 57.1 Å². The van der Waals surface area contributed by atoms with Gasteiger partial charge in [0.05, 0.1) is 0 Å². The highest BCUT2D eigenvalue weighted by molar-refractivity contribution is 5.67. The summed E-state index contributed by atoms with van der Waals surface area (Å²) in [5, 5.41) is 0. The zero-order chi connectivity index (χ0) is 32.8. The van der Waals surface area contributed by atoms with Crippen LogP contribution in [-0.2, 0) is 37.9 Å². The van der Waals surface area contributed by atoms with Gasteiger partial charge in [0, 0.05) is 5.92 Å². The van der Waals surface area contributed by atoms with E-state index >= 15 is 0 Å². The van der Waals surface area contributed by atoms with Crippen molar-refractivity contribution in [2.75, 3.05) is 0 Å². The molecule has 0 N–H and O–H groups in total. The highest BCUT2D eigenvalue weighted by atomic mass is 16.8. The van der Waals surface area contributed by atoms with E-state index in [0.717, 1.165) is 25.7 Å². The summed E-state index contributed by atoms with van der Waals surface area (Å²) in [6.07, 6.45) is 3.07. The second-order valence-corrected chi connectivity index (χ2v) is 11.6. The zero-order valence-corrected chi connectivity index (χ0v) is 26.2. The molecule has 5 fully saturated rings. The first-order valence-corrected chi connectivity index (χ1v) is 14.3. The number of hydrogen-bond acceptors (Lipinski definition) is 12. The van der Waals surface area contributed by atoms with Crippen molar-refractivity contribution in [3.8, 4) is 0 Å². The van der Waals surface area contributed by atoms with Crippen molar-refractivity contribution in [1.82, 2.24) is 0 Å². The van der Waals surface area contributed by atoms with Crippen LogP contribution in [0.1, 0.15) is 87.0 Å². The van der Waals surface area contributed by atoms with Crippen LogP contribution >= 0.6 is 0 Å². The second kappa shape index (κ2) is 14.0. The summed E-state index contributed by atoms with van der Waals surface area (Å²) in [6.45, 7) is 27.7. The molecule has 5 rings (SSSR count). The molecule has 1 spiro atoms. The van der Waals surface area contributed by atoms with E-state index < -0.39 is 41.4 Å². The molecule has 0 amide bonds. The fraction of sp³-hybridized carbons (Fsp3) is 0.613. The van der Waals surface area contributed by atoms with E-state index in [0.29, 0.717) is 29.5 Å². The van der Waals surface area contributed by atoms with E-state index in [1.54, 1.807) is 13.8 Å². The van der Waals surface area contributed by atoms with Crippen LogP contribution in [0.5, 0.6) is 0 Å². The molecule has 0 aromatic carbocycles. The average molecular weight is 609 g/mol. The first kappa shape index (κ1) is 35.2. The van der Waals surface area contributed by atoms with Crippen LogP contribution in [0, 0.1) is 11.8 Å². The number of carbonyl (C=O) groups excluding carboxylic acids is 4. The van der Waals surface area contributed by atoms with Gasteiger partial charge >= 0.3 is 24.6 Å². The number of hydrogen-bond donors (Lipinski definition) is 0. The Kier molecular flexibility index (Phi) is 11.5. The molecule has 4 saturated heterocycles. The molecule has 0 radical (unpaired) electrons. The highest BCUT2D eigenvalue weighted by Gasteiger charge is 2.47. The smallest absolute Gasteiger partial charge is 0.422 e. The molecule has 4 aliphatic heterocycles. The molecule has 3 atom stereocenters. The largest absolute Gasteiger partial charge is 0.514 e. The monoisotopic (exact) mass is 608 g/mol.